The number of benzene rings is 2. The van der Waals surface area contributed by atoms with Crippen LogP contribution in [0, 0.1) is 0 Å². The number of ether oxygens (including phenoxy) is 1. The third-order valence-electron chi connectivity index (χ3n) is 5.46. The minimum atomic E-state index is 0.642. The van der Waals surface area contributed by atoms with E-state index in [1.54, 1.807) is 7.11 Å². The summed E-state index contributed by atoms with van der Waals surface area (Å²) in [6.45, 7) is 3.92. The van der Waals surface area contributed by atoms with Crippen LogP contribution in [0.5, 0.6) is 5.88 Å². The van der Waals surface area contributed by atoms with E-state index in [1.807, 2.05) is 6.07 Å². The maximum atomic E-state index is 5.41. The fourth-order valence-electron chi connectivity index (χ4n) is 3.78. The predicted molar refractivity (Wildman–Crippen MR) is 121 cm³/mol. The van der Waals surface area contributed by atoms with Crippen LogP contribution in [-0.4, -0.2) is 52.4 Å². The molecule has 0 spiro atoms. The number of anilines is 3. The Morgan fingerprint density at radius 2 is 1.45 bits per heavy atom. The number of nitrogens with zero attached hydrogens (tertiary/aromatic N) is 4. The summed E-state index contributed by atoms with van der Waals surface area (Å²) in [4.78, 5) is 11.8. The molecule has 4 rings (SSSR count). The van der Waals surface area contributed by atoms with Crippen LogP contribution in [0.1, 0.15) is 0 Å². The monoisotopic (exact) mass is 388 g/mol. The third kappa shape index (κ3) is 4.14. The highest BCUT2D eigenvalue weighted by Crippen LogP contribution is 2.33. The van der Waals surface area contributed by atoms with Gasteiger partial charge in [-0.15, -0.1) is 0 Å². The minimum Gasteiger partial charge on any atom is -0.481 e. The second kappa shape index (κ2) is 8.43. The molecule has 1 saturated heterocycles. The molecular weight excluding hydrogens is 360 g/mol. The molecular formula is C24H28N4O. The number of methoxy groups -OCH3 is 1. The average molecular weight is 389 g/mol. The highest BCUT2D eigenvalue weighted by atomic mass is 16.5. The molecule has 0 saturated carbocycles. The van der Waals surface area contributed by atoms with E-state index in [0.29, 0.717) is 5.88 Å². The topological polar surface area (TPSA) is 31.8 Å². The summed E-state index contributed by atoms with van der Waals surface area (Å²) in [6, 6.07) is 23.3. The van der Waals surface area contributed by atoms with Crippen LogP contribution in [0.25, 0.3) is 11.3 Å². The molecule has 1 aliphatic rings. The van der Waals surface area contributed by atoms with Gasteiger partial charge in [-0.05, 0) is 30.3 Å². The Morgan fingerprint density at radius 3 is 2.07 bits per heavy atom. The van der Waals surface area contributed by atoms with Gasteiger partial charge in [0.25, 0.3) is 0 Å². The molecule has 3 aromatic rings. The summed E-state index contributed by atoms with van der Waals surface area (Å²) in [5.41, 5.74) is 5.71. The first-order chi connectivity index (χ1) is 14.2. The van der Waals surface area contributed by atoms with E-state index in [0.717, 1.165) is 43.1 Å². The molecule has 0 radical (unpaired) electrons. The van der Waals surface area contributed by atoms with E-state index in [1.165, 1.54) is 11.4 Å². The molecule has 0 atom stereocenters. The fraction of sp³-hybridized carbons (Fsp3) is 0.292. The van der Waals surface area contributed by atoms with Crippen LogP contribution in [0.3, 0.4) is 0 Å². The largest absolute Gasteiger partial charge is 0.481 e. The van der Waals surface area contributed by atoms with Gasteiger partial charge < -0.3 is 19.4 Å². The first-order valence-electron chi connectivity index (χ1n) is 10.0. The molecule has 29 heavy (non-hydrogen) atoms. The van der Waals surface area contributed by atoms with Crippen LogP contribution in [0.4, 0.5) is 17.1 Å². The van der Waals surface area contributed by atoms with Crippen molar-refractivity contribution in [1.82, 2.24) is 4.98 Å². The van der Waals surface area contributed by atoms with E-state index in [2.05, 4.69) is 89.5 Å². The zero-order valence-corrected chi connectivity index (χ0v) is 17.4. The summed E-state index contributed by atoms with van der Waals surface area (Å²) in [6.07, 6.45) is 0. The molecule has 0 amide bonds. The van der Waals surface area contributed by atoms with Gasteiger partial charge in [-0.1, -0.05) is 30.3 Å². The molecule has 0 unspecified atom stereocenters. The van der Waals surface area contributed by atoms with Crippen molar-refractivity contribution < 1.29 is 4.74 Å². The third-order valence-corrected chi connectivity index (χ3v) is 5.46. The first kappa shape index (κ1) is 19.1. The molecule has 2 heterocycles. The number of piperazine rings is 1. The molecule has 1 fully saturated rings. The smallest absolute Gasteiger partial charge is 0.213 e. The number of hydrogen-bond acceptors (Lipinski definition) is 5. The summed E-state index contributed by atoms with van der Waals surface area (Å²) in [5.74, 6) is 0.642. The lowest BCUT2D eigenvalue weighted by Crippen LogP contribution is -2.46. The van der Waals surface area contributed by atoms with Gasteiger partial charge >= 0.3 is 0 Å². The van der Waals surface area contributed by atoms with Gasteiger partial charge in [0.2, 0.25) is 5.88 Å². The summed E-state index contributed by atoms with van der Waals surface area (Å²) in [5, 5.41) is 0. The van der Waals surface area contributed by atoms with Crippen molar-refractivity contribution in [2.45, 2.75) is 0 Å². The molecule has 1 aliphatic heterocycles. The van der Waals surface area contributed by atoms with E-state index < -0.39 is 0 Å². The molecule has 5 nitrogen and oxygen atoms in total. The van der Waals surface area contributed by atoms with Crippen molar-refractivity contribution in [2.75, 3.05) is 62.1 Å². The zero-order chi connectivity index (χ0) is 20.2. The Balaban J connectivity index is 1.59. The summed E-state index contributed by atoms with van der Waals surface area (Å²) >= 11 is 0. The normalized spacial score (nSPS) is 14.0. The zero-order valence-electron chi connectivity index (χ0n) is 17.4. The van der Waals surface area contributed by atoms with E-state index in [-0.39, 0.29) is 0 Å². The van der Waals surface area contributed by atoms with Gasteiger partial charge in [-0.2, -0.15) is 0 Å². The quantitative estimate of drug-likeness (QED) is 0.656. The van der Waals surface area contributed by atoms with E-state index in [9.17, 15) is 0 Å². The minimum absolute atomic E-state index is 0.642. The van der Waals surface area contributed by atoms with Gasteiger partial charge in [0.05, 0.1) is 18.5 Å². The van der Waals surface area contributed by atoms with Gasteiger partial charge in [0, 0.05) is 63.3 Å². The fourth-order valence-corrected chi connectivity index (χ4v) is 3.78. The van der Waals surface area contributed by atoms with E-state index >= 15 is 0 Å². The Hall–Kier alpha value is -3.21. The van der Waals surface area contributed by atoms with Crippen molar-refractivity contribution in [3.05, 3.63) is 66.7 Å². The molecule has 5 heteroatoms. The Morgan fingerprint density at radius 1 is 0.793 bits per heavy atom. The lowest BCUT2D eigenvalue weighted by atomic mass is 10.1. The van der Waals surface area contributed by atoms with Crippen LogP contribution in [0.2, 0.25) is 0 Å². The molecule has 1 aromatic heterocycles. The molecule has 0 bridgehead atoms. The number of rotatable bonds is 5. The molecule has 0 aliphatic carbocycles. The van der Waals surface area contributed by atoms with Crippen LogP contribution < -0.4 is 19.4 Å². The van der Waals surface area contributed by atoms with Crippen molar-refractivity contribution in [3.63, 3.8) is 0 Å². The second-order valence-electron chi connectivity index (χ2n) is 7.47. The SMILES string of the molecule is COc1ccc(N2CCN(c3ccccc3)CC2)c(-c2ccc(N(C)C)cc2)n1. The number of hydrogen-bond donors (Lipinski definition) is 0. The van der Waals surface area contributed by atoms with Gasteiger partial charge in [0.15, 0.2) is 0 Å². The van der Waals surface area contributed by atoms with Crippen LogP contribution in [0.15, 0.2) is 66.7 Å². The second-order valence-corrected chi connectivity index (χ2v) is 7.47. The number of pyridine rings is 1. The highest BCUT2D eigenvalue weighted by molar-refractivity contribution is 5.77. The summed E-state index contributed by atoms with van der Waals surface area (Å²) in [7, 11) is 5.77. The van der Waals surface area contributed by atoms with Crippen molar-refractivity contribution in [2.24, 2.45) is 0 Å². The Bertz CT molecular complexity index is 933. The molecule has 0 N–H and O–H groups in total. The molecule has 150 valence electrons. The first-order valence-corrected chi connectivity index (χ1v) is 10.0. The van der Waals surface area contributed by atoms with Crippen LogP contribution >= 0.6 is 0 Å². The lowest BCUT2D eigenvalue weighted by Gasteiger charge is -2.38. The Kier molecular flexibility index (Phi) is 5.56. The van der Waals surface area contributed by atoms with Gasteiger partial charge in [-0.25, -0.2) is 4.98 Å². The highest BCUT2D eigenvalue weighted by Gasteiger charge is 2.21. The average Bonchev–Trinajstić information content (AvgIpc) is 2.79. The summed E-state index contributed by atoms with van der Waals surface area (Å²) < 4.78 is 5.41. The van der Waals surface area contributed by atoms with Gasteiger partial charge in [-0.3, -0.25) is 0 Å². The molecule has 2 aromatic carbocycles. The van der Waals surface area contributed by atoms with Crippen LogP contribution in [-0.2, 0) is 0 Å². The maximum Gasteiger partial charge on any atom is 0.213 e. The van der Waals surface area contributed by atoms with Crippen molar-refractivity contribution >= 4 is 17.1 Å². The van der Waals surface area contributed by atoms with Gasteiger partial charge in [0.1, 0.15) is 0 Å². The van der Waals surface area contributed by atoms with E-state index in [4.69, 9.17) is 9.72 Å². The van der Waals surface area contributed by atoms with Crippen molar-refractivity contribution in [3.8, 4) is 17.1 Å². The maximum absolute atomic E-state index is 5.41. The standard InChI is InChI=1S/C24H28N4O/c1-26(2)20-11-9-19(10-12-20)24-22(13-14-23(25-24)29-3)28-17-15-27(16-18-28)21-7-5-4-6-8-21/h4-14H,15-18H2,1-3H3. The Labute approximate surface area is 173 Å². The number of aromatic nitrogens is 1. The predicted octanol–water partition coefficient (Wildman–Crippen LogP) is 4.15. The number of para-hydroxylation sites is 1. The lowest BCUT2D eigenvalue weighted by molar-refractivity contribution is 0.398. The van der Waals surface area contributed by atoms with Crippen molar-refractivity contribution in [1.29, 1.82) is 0 Å².